The molecule has 1 saturated heterocycles. The molecule has 1 unspecified atom stereocenters. The third kappa shape index (κ3) is 2.96. The van der Waals surface area contributed by atoms with Gasteiger partial charge in [0.15, 0.2) is 0 Å². The van der Waals surface area contributed by atoms with Gasteiger partial charge in [-0.1, -0.05) is 5.16 Å². The minimum atomic E-state index is 0.175. The van der Waals surface area contributed by atoms with Crippen LogP contribution in [0.3, 0.4) is 0 Å². The average Bonchev–Trinajstić information content (AvgIpc) is 2.72. The van der Waals surface area contributed by atoms with Crippen LogP contribution in [0.5, 0.6) is 0 Å². The van der Waals surface area contributed by atoms with Gasteiger partial charge in [-0.25, -0.2) is 0 Å². The van der Waals surface area contributed by atoms with Crippen LogP contribution < -0.4 is 5.32 Å². The van der Waals surface area contributed by atoms with Gasteiger partial charge in [0.05, 0.1) is 12.3 Å². The van der Waals surface area contributed by atoms with Gasteiger partial charge >= 0.3 is 0 Å². The monoisotopic (exact) mass is 198 g/mol. The molecular formula is C10H18N2O2. The van der Waals surface area contributed by atoms with Crippen LogP contribution in [0.1, 0.15) is 25.7 Å². The second kappa shape index (κ2) is 5.32. The van der Waals surface area contributed by atoms with Crippen molar-refractivity contribution in [1.82, 2.24) is 5.32 Å². The predicted molar refractivity (Wildman–Crippen MR) is 54.5 cm³/mol. The van der Waals surface area contributed by atoms with Crippen LogP contribution >= 0.6 is 0 Å². The van der Waals surface area contributed by atoms with Gasteiger partial charge in [-0.15, -0.1) is 0 Å². The molecule has 4 heteroatoms. The molecule has 1 aliphatic heterocycles. The molecule has 0 spiro atoms. The summed E-state index contributed by atoms with van der Waals surface area (Å²) in [4.78, 5) is 5.28. The molecule has 0 aromatic carbocycles. The van der Waals surface area contributed by atoms with E-state index in [1.54, 1.807) is 0 Å². The van der Waals surface area contributed by atoms with Crippen LogP contribution in [0.25, 0.3) is 0 Å². The summed E-state index contributed by atoms with van der Waals surface area (Å²) in [6.45, 7) is 3.19. The number of hydrogen-bond acceptors (Lipinski definition) is 4. The Bertz CT molecular complexity index is 192. The lowest BCUT2D eigenvalue weighted by atomic mass is 10.3. The Labute approximate surface area is 84.6 Å². The molecule has 0 bridgehead atoms. The molecule has 1 atom stereocenters. The maximum atomic E-state index is 5.49. The van der Waals surface area contributed by atoms with E-state index in [1.165, 1.54) is 18.6 Å². The van der Waals surface area contributed by atoms with Gasteiger partial charge in [-0.3, -0.25) is 0 Å². The highest BCUT2D eigenvalue weighted by Crippen LogP contribution is 2.14. The first-order chi connectivity index (χ1) is 6.95. The van der Waals surface area contributed by atoms with Crippen molar-refractivity contribution in [1.29, 1.82) is 0 Å². The van der Waals surface area contributed by atoms with Crippen molar-refractivity contribution in [2.24, 2.45) is 5.16 Å². The third-order valence-corrected chi connectivity index (χ3v) is 2.64. The van der Waals surface area contributed by atoms with E-state index in [9.17, 15) is 0 Å². The van der Waals surface area contributed by atoms with Crippen molar-refractivity contribution in [3.63, 3.8) is 0 Å². The number of nitrogens with one attached hydrogen (secondary N) is 1. The Hall–Kier alpha value is -0.610. The van der Waals surface area contributed by atoms with E-state index in [0.29, 0.717) is 6.61 Å². The first-order valence-electron chi connectivity index (χ1n) is 5.45. The maximum absolute atomic E-state index is 5.49. The molecule has 0 aromatic rings. The van der Waals surface area contributed by atoms with Crippen molar-refractivity contribution in [3.05, 3.63) is 0 Å². The standard InChI is InChI=1S/C10H18N2O2/c1-2-4-9(3-1)12-14-8-10-7-11-5-6-13-10/h10-11H,1-8H2. The van der Waals surface area contributed by atoms with Crippen molar-refractivity contribution in [3.8, 4) is 0 Å². The fraction of sp³-hybridized carbons (Fsp3) is 0.900. The van der Waals surface area contributed by atoms with Crippen LogP contribution in [-0.4, -0.2) is 38.1 Å². The average molecular weight is 198 g/mol. The first-order valence-corrected chi connectivity index (χ1v) is 5.45. The molecule has 14 heavy (non-hydrogen) atoms. The fourth-order valence-corrected chi connectivity index (χ4v) is 1.81. The molecule has 4 nitrogen and oxygen atoms in total. The summed E-state index contributed by atoms with van der Waals surface area (Å²) in [5.74, 6) is 0. The quantitative estimate of drug-likeness (QED) is 0.686. The lowest BCUT2D eigenvalue weighted by molar-refractivity contribution is -0.0303. The fourth-order valence-electron chi connectivity index (χ4n) is 1.81. The lowest BCUT2D eigenvalue weighted by Gasteiger charge is -2.22. The molecule has 2 aliphatic rings. The van der Waals surface area contributed by atoms with Crippen LogP contribution in [-0.2, 0) is 9.57 Å². The molecule has 1 N–H and O–H groups in total. The van der Waals surface area contributed by atoms with Crippen LogP contribution in [0.4, 0.5) is 0 Å². The lowest BCUT2D eigenvalue weighted by Crippen LogP contribution is -2.40. The van der Waals surface area contributed by atoms with Crippen LogP contribution in [0, 0.1) is 0 Å². The third-order valence-electron chi connectivity index (χ3n) is 2.64. The van der Waals surface area contributed by atoms with Gasteiger partial charge in [0.25, 0.3) is 0 Å². The second-order valence-electron chi connectivity index (χ2n) is 3.86. The van der Waals surface area contributed by atoms with Crippen LogP contribution in [0.15, 0.2) is 5.16 Å². The van der Waals surface area contributed by atoms with E-state index < -0.39 is 0 Å². The van der Waals surface area contributed by atoms with Crippen molar-refractivity contribution >= 4 is 5.71 Å². The van der Waals surface area contributed by atoms with Gasteiger partial charge in [0.2, 0.25) is 0 Å². The summed E-state index contributed by atoms with van der Waals surface area (Å²) in [6.07, 6.45) is 4.94. The second-order valence-corrected chi connectivity index (χ2v) is 3.86. The Balaban J connectivity index is 1.63. The number of ether oxygens (including phenoxy) is 1. The van der Waals surface area contributed by atoms with E-state index in [1.807, 2.05) is 0 Å². The number of morpholine rings is 1. The largest absolute Gasteiger partial charge is 0.393 e. The highest BCUT2D eigenvalue weighted by atomic mass is 16.6. The molecule has 2 rings (SSSR count). The van der Waals surface area contributed by atoms with Crippen molar-refractivity contribution in [2.75, 3.05) is 26.3 Å². The van der Waals surface area contributed by atoms with E-state index >= 15 is 0 Å². The summed E-state index contributed by atoms with van der Waals surface area (Å²) in [6, 6.07) is 0. The van der Waals surface area contributed by atoms with Gasteiger partial charge < -0.3 is 14.9 Å². The summed E-state index contributed by atoms with van der Waals surface area (Å²) in [5.41, 5.74) is 1.22. The Kier molecular flexibility index (Phi) is 3.77. The zero-order valence-corrected chi connectivity index (χ0v) is 8.50. The van der Waals surface area contributed by atoms with Gasteiger partial charge in [0, 0.05) is 13.1 Å². The smallest absolute Gasteiger partial charge is 0.144 e. The predicted octanol–water partition coefficient (Wildman–Crippen LogP) is 0.921. The van der Waals surface area contributed by atoms with E-state index in [-0.39, 0.29) is 6.10 Å². The summed E-state index contributed by atoms with van der Waals surface area (Å²) in [7, 11) is 0. The number of rotatable bonds is 3. The molecule has 1 aliphatic carbocycles. The first kappa shape index (κ1) is 9.93. The molecule has 0 radical (unpaired) electrons. The van der Waals surface area contributed by atoms with Crippen molar-refractivity contribution < 1.29 is 9.57 Å². The molecular weight excluding hydrogens is 180 g/mol. The van der Waals surface area contributed by atoms with Crippen molar-refractivity contribution in [2.45, 2.75) is 31.8 Å². The molecule has 1 heterocycles. The Morgan fingerprint density at radius 3 is 3.00 bits per heavy atom. The highest BCUT2D eigenvalue weighted by molar-refractivity contribution is 5.85. The van der Waals surface area contributed by atoms with E-state index in [2.05, 4.69) is 10.5 Å². The summed E-state index contributed by atoms with van der Waals surface area (Å²) < 4.78 is 5.49. The molecule has 1 saturated carbocycles. The van der Waals surface area contributed by atoms with Gasteiger partial charge in [-0.05, 0) is 25.7 Å². The molecule has 80 valence electrons. The molecule has 0 aromatic heterocycles. The van der Waals surface area contributed by atoms with Crippen LogP contribution in [0.2, 0.25) is 0 Å². The summed E-state index contributed by atoms with van der Waals surface area (Å²) in [5, 5.41) is 7.39. The zero-order valence-electron chi connectivity index (χ0n) is 8.50. The number of nitrogens with zero attached hydrogens (tertiary/aromatic N) is 1. The summed E-state index contributed by atoms with van der Waals surface area (Å²) >= 11 is 0. The molecule has 2 fully saturated rings. The number of oxime groups is 1. The van der Waals surface area contributed by atoms with E-state index in [0.717, 1.165) is 32.5 Å². The highest BCUT2D eigenvalue weighted by Gasteiger charge is 2.14. The van der Waals surface area contributed by atoms with Gasteiger partial charge in [0.1, 0.15) is 12.7 Å². The SMILES string of the molecule is C1CCC(=NOCC2CNCCO2)C1. The Morgan fingerprint density at radius 2 is 2.29 bits per heavy atom. The minimum Gasteiger partial charge on any atom is -0.393 e. The normalized spacial score (nSPS) is 27.7. The van der Waals surface area contributed by atoms with Gasteiger partial charge in [-0.2, -0.15) is 0 Å². The zero-order chi connectivity index (χ0) is 9.64. The topological polar surface area (TPSA) is 42.8 Å². The Morgan fingerprint density at radius 1 is 1.43 bits per heavy atom. The maximum Gasteiger partial charge on any atom is 0.144 e. The number of hydrogen-bond donors (Lipinski definition) is 1. The molecule has 0 amide bonds. The minimum absolute atomic E-state index is 0.175. The van der Waals surface area contributed by atoms with E-state index in [4.69, 9.17) is 9.57 Å².